The van der Waals surface area contributed by atoms with Gasteiger partial charge in [0.15, 0.2) is 17.5 Å². The monoisotopic (exact) mass is 806 g/mol. The van der Waals surface area contributed by atoms with Crippen molar-refractivity contribution in [2.75, 3.05) is 0 Å². The van der Waals surface area contributed by atoms with Gasteiger partial charge >= 0.3 is 0 Å². The maximum absolute atomic E-state index is 5.29. The first-order valence-electron chi connectivity index (χ1n) is 21.2. The fourth-order valence-corrected chi connectivity index (χ4v) is 9.43. The van der Waals surface area contributed by atoms with Crippen LogP contribution >= 0.6 is 0 Å². The Kier molecular flexibility index (Phi) is 8.54. The van der Waals surface area contributed by atoms with Crippen molar-refractivity contribution >= 4 is 71.5 Å². The zero-order valence-corrected chi connectivity index (χ0v) is 34.2. The summed E-state index contributed by atoms with van der Waals surface area (Å²) in [5.41, 5.74) is 11.4. The third-order valence-corrected chi connectivity index (χ3v) is 12.1. The summed E-state index contributed by atoms with van der Waals surface area (Å²) in [7, 11) is 0. The molecule has 63 heavy (non-hydrogen) atoms. The predicted molar refractivity (Wildman–Crippen MR) is 262 cm³/mol. The Morgan fingerprint density at radius 3 is 1.13 bits per heavy atom. The van der Waals surface area contributed by atoms with Crippen LogP contribution in [-0.2, 0) is 0 Å². The van der Waals surface area contributed by atoms with E-state index in [1.807, 2.05) is 54.6 Å². The standard InChI is InChI=1S/C57H38N6/c1-2-3-4-8-35-54-58-56(38-21-6-5-7-22-38)60-57(59-54)39-36-52(61-46-29-15-9-23-40(46)41-24-10-16-30-47(41)61)55(63-50-33-19-13-27-44(50)45-28-14-20-34-51(45)63)53(37-39)62-48-31-17-11-25-42(48)43-26-12-18-32-49(43)62/h2-37H,1H2/b4-3-,35-8+. The molecule has 0 radical (unpaired) electrons. The fourth-order valence-electron chi connectivity index (χ4n) is 9.43. The lowest BCUT2D eigenvalue weighted by atomic mass is 10.1. The van der Waals surface area contributed by atoms with E-state index in [9.17, 15) is 0 Å². The largest absolute Gasteiger partial charge is 0.307 e. The summed E-state index contributed by atoms with van der Waals surface area (Å²) >= 11 is 0. The summed E-state index contributed by atoms with van der Waals surface area (Å²) in [6.45, 7) is 3.84. The zero-order valence-electron chi connectivity index (χ0n) is 34.2. The van der Waals surface area contributed by atoms with Crippen molar-refractivity contribution in [3.8, 4) is 39.8 Å². The number of rotatable bonds is 8. The van der Waals surface area contributed by atoms with Crippen molar-refractivity contribution in [2.45, 2.75) is 0 Å². The molecule has 0 amide bonds. The average Bonchev–Trinajstić information content (AvgIpc) is 3.98. The Labute approximate surface area is 363 Å². The van der Waals surface area contributed by atoms with Gasteiger partial charge in [-0.05, 0) is 54.6 Å². The fraction of sp³-hybridized carbons (Fsp3) is 0. The Balaban J connectivity index is 1.30. The number of allylic oxidation sites excluding steroid dienone is 4. The smallest absolute Gasteiger partial charge is 0.164 e. The molecule has 4 aromatic heterocycles. The molecule has 0 spiro atoms. The Morgan fingerprint density at radius 1 is 0.349 bits per heavy atom. The van der Waals surface area contributed by atoms with Crippen molar-refractivity contribution in [3.63, 3.8) is 0 Å². The third-order valence-electron chi connectivity index (χ3n) is 12.1. The molecule has 12 rings (SSSR count). The van der Waals surface area contributed by atoms with E-state index in [0.29, 0.717) is 17.5 Å². The highest BCUT2D eigenvalue weighted by molar-refractivity contribution is 6.13. The second-order valence-corrected chi connectivity index (χ2v) is 15.7. The first kappa shape index (κ1) is 36.3. The van der Waals surface area contributed by atoms with Gasteiger partial charge in [-0.25, -0.2) is 15.0 Å². The van der Waals surface area contributed by atoms with Crippen molar-refractivity contribution in [1.29, 1.82) is 0 Å². The second-order valence-electron chi connectivity index (χ2n) is 15.7. The molecule has 0 aliphatic heterocycles. The van der Waals surface area contributed by atoms with E-state index >= 15 is 0 Å². The minimum atomic E-state index is 0.552. The van der Waals surface area contributed by atoms with E-state index in [0.717, 1.165) is 61.3 Å². The highest BCUT2D eigenvalue weighted by atomic mass is 15.1. The van der Waals surface area contributed by atoms with E-state index in [1.165, 1.54) is 32.3 Å². The van der Waals surface area contributed by atoms with Gasteiger partial charge in [0.1, 0.15) is 0 Å². The highest BCUT2D eigenvalue weighted by Gasteiger charge is 2.26. The van der Waals surface area contributed by atoms with Crippen LogP contribution in [0.25, 0.3) is 111 Å². The predicted octanol–water partition coefficient (Wildman–Crippen LogP) is 14.3. The topological polar surface area (TPSA) is 53.5 Å². The highest BCUT2D eigenvalue weighted by Crippen LogP contribution is 2.44. The van der Waals surface area contributed by atoms with E-state index in [2.05, 4.69) is 178 Å². The van der Waals surface area contributed by atoms with Crippen molar-refractivity contribution in [1.82, 2.24) is 28.7 Å². The van der Waals surface area contributed by atoms with Gasteiger partial charge in [-0.3, -0.25) is 0 Å². The normalized spacial score (nSPS) is 12.1. The first-order chi connectivity index (χ1) is 31.2. The van der Waals surface area contributed by atoms with Crippen molar-refractivity contribution < 1.29 is 0 Å². The summed E-state index contributed by atoms with van der Waals surface area (Å²) in [6, 6.07) is 67.1. The quantitative estimate of drug-likeness (QED) is 0.144. The van der Waals surface area contributed by atoms with Crippen LogP contribution in [0.3, 0.4) is 0 Å². The van der Waals surface area contributed by atoms with Gasteiger partial charge in [-0.1, -0.05) is 170 Å². The summed E-state index contributed by atoms with van der Waals surface area (Å²) in [5, 5.41) is 7.08. The molecule has 12 aromatic rings. The zero-order chi connectivity index (χ0) is 41.9. The molecule has 0 saturated carbocycles. The first-order valence-corrected chi connectivity index (χ1v) is 21.2. The van der Waals surface area contributed by atoms with Crippen LogP contribution in [0.15, 0.2) is 219 Å². The molecule has 0 saturated heterocycles. The van der Waals surface area contributed by atoms with Crippen LogP contribution in [-0.4, -0.2) is 28.7 Å². The maximum Gasteiger partial charge on any atom is 0.164 e. The second kappa shape index (κ2) is 14.8. The van der Waals surface area contributed by atoms with E-state index < -0.39 is 0 Å². The molecule has 8 aromatic carbocycles. The minimum absolute atomic E-state index is 0.552. The number of hydrogen-bond donors (Lipinski definition) is 0. The van der Waals surface area contributed by atoms with Gasteiger partial charge in [-0.2, -0.15) is 0 Å². The molecule has 0 atom stereocenters. The average molecular weight is 807 g/mol. The molecule has 296 valence electrons. The SMILES string of the molecule is C=C/C=C\C=C\c1nc(-c2ccccc2)nc(-c2cc(-n3c4ccccc4c4ccccc43)c(-n3c4ccccc4c4ccccc43)c(-n3c4ccccc4c4ccccc43)c2)n1. The van der Waals surface area contributed by atoms with E-state index in [4.69, 9.17) is 15.0 Å². The molecule has 0 fully saturated rings. The van der Waals surface area contributed by atoms with Gasteiger partial charge in [0.25, 0.3) is 0 Å². The number of aromatic nitrogens is 6. The van der Waals surface area contributed by atoms with Crippen LogP contribution in [0.4, 0.5) is 0 Å². The molecule has 6 heteroatoms. The molecule has 0 bridgehead atoms. The Morgan fingerprint density at radius 2 is 0.714 bits per heavy atom. The van der Waals surface area contributed by atoms with Gasteiger partial charge in [0, 0.05) is 43.4 Å². The van der Waals surface area contributed by atoms with Crippen molar-refractivity contribution in [3.05, 3.63) is 225 Å². The lowest BCUT2D eigenvalue weighted by Gasteiger charge is -2.23. The maximum atomic E-state index is 5.29. The minimum Gasteiger partial charge on any atom is -0.307 e. The Hall–Kier alpha value is -8.61. The molecular formula is C57H38N6. The summed E-state index contributed by atoms with van der Waals surface area (Å²) in [6.07, 6.45) is 9.43. The molecule has 0 unspecified atom stereocenters. The summed E-state index contributed by atoms with van der Waals surface area (Å²) in [5.74, 6) is 1.71. The van der Waals surface area contributed by atoms with Gasteiger partial charge < -0.3 is 13.7 Å². The van der Waals surface area contributed by atoms with E-state index in [-0.39, 0.29) is 0 Å². The van der Waals surface area contributed by atoms with Crippen LogP contribution in [0.2, 0.25) is 0 Å². The number of fused-ring (bicyclic) bond motifs is 9. The summed E-state index contributed by atoms with van der Waals surface area (Å²) in [4.78, 5) is 15.5. The molecule has 0 aliphatic rings. The molecule has 0 aliphatic carbocycles. The van der Waals surface area contributed by atoms with Crippen LogP contribution in [0.1, 0.15) is 5.82 Å². The van der Waals surface area contributed by atoms with E-state index in [1.54, 1.807) is 6.08 Å². The van der Waals surface area contributed by atoms with Gasteiger partial charge in [0.2, 0.25) is 0 Å². The Bertz CT molecular complexity index is 3530. The number of nitrogens with zero attached hydrogens (tertiary/aromatic N) is 6. The van der Waals surface area contributed by atoms with Crippen LogP contribution in [0.5, 0.6) is 0 Å². The lowest BCUT2D eigenvalue weighted by molar-refractivity contribution is 1.03. The molecule has 0 N–H and O–H groups in total. The number of benzene rings is 8. The number of hydrogen-bond acceptors (Lipinski definition) is 3. The number of para-hydroxylation sites is 6. The van der Waals surface area contributed by atoms with Crippen LogP contribution in [0, 0.1) is 0 Å². The third kappa shape index (κ3) is 5.84. The van der Waals surface area contributed by atoms with Gasteiger partial charge in [0.05, 0.1) is 50.2 Å². The molecular weight excluding hydrogens is 769 g/mol. The summed E-state index contributed by atoms with van der Waals surface area (Å²) < 4.78 is 7.34. The van der Waals surface area contributed by atoms with Crippen LogP contribution < -0.4 is 0 Å². The molecule has 6 nitrogen and oxygen atoms in total. The van der Waals surface area contributed by atoms with Crippen molar-refractivity contribution in [2.24, 2.45) is 0 Å². The van der Waals surface area contributed by atoms with Gasteiger partial charge in [-0.15, -0.1) is 0 Å². The molecule has 4 heterocycles. The lowest BCUT2D eigenvalue weighted by Crippen LogP contribution is -2.10.